The first kappa shape index (κ1) is 14.2. The molecular weight excluding hydrogens is 300 g/mol. The van der Waals surface area contributed by atoms with Gasteiger partial charge in [0.2, 0.25) is 5.28 Å². The number of rotatable bonds is 3. The van der Waals surface area contributed by atoms with Gasteiger partial charge in [-0.2, -0.15) is 5.26 Å². The standard InChI is InChI=1S/C12H9ClN4O2S/c1-8-3-2-4-11(10(8)5-14)17-20(18,19)9-6-15-12(13)16-7-9/h2-4,6-7,17H,1H3. The first-order valence-corrected chi connectivity index (χ1v) is 7.30. The molecule has 0 aliphatic heterocycles. The van der Waals surface area contributed by atoms with Crippen LogP contribution in [0.4, 0.5) is 5.69 Å². The van der Waals surface area contributed by atoms with Crippen molar-refractivity contribution in [3.63, 3.8) is 0 Å². The van der Waals surface area contributed by atoms with Gasteiger partial charge in [0.15, 0.2) is 0 Å². The number of anilines is 1. The van der Waals surface area contributed by atoms with Gasteiger partial charge in [0.1, 0.15) is 11.0 Å². The third-order valence-corrected chi connectivity index (χ3v) is 4.05. The van der Waals surface area contributed by atoms with Crippen LogP contribution in [0.3, 0.4) is 0 Å². The second kappa shape index (κ2) is 5.45. The molecule has 0 saturated heterocycles. The van der Waals surface area contributed by atoms with Gasteiger partial charge in [0.25, 0.3) is 10.0 Å². The fourth-order valence-electron chi connectivity index (χ4n) is 1.54. The van der Waals surface area contributed by atoms with Crippen LogP contribution >= 0.6 is 11.6 Å². The molecule has 2 aromatic rings. The Balaban J connectivity index is 2.42. The van der Waals surface area contributed by atoms with Gasteiger partial charge in [-0.05, 0) is 30.2 Å². The molecule has 0 atom stereocenters. The minimum Gasteiger partial charge on any atom is -0.278 e. The van der Waals surface area contributed by atoms with Crippen LogP contribution < -0.4 is 4.72 Å². The van der Waals surface area contributed by atoms with Gasteiger partial charge in [0.05, 0.1) is 23.6 Å². The van der Waals surface area contributed by atoms with Crippen molar-refractivity contribution in [1.82, 2.24) is 9.97 Å². The maximum Gasteiger partial charge on any atom is 0.265 e. The van der Waals surface area contributed by atoms with Gasteiger partial charge in [0, 0.05) is 0 Å². The maximum atomic E-state index is 12.1. The van der Waals surface area contributed by atoms with E-state index >= 15 is 0 Å². The Morgan fingerprint density at radius 3 is 2.55 bits per heavy atom. The van der Waals surface area contributed by atoms with Crippen LogP contribution in [0, 0.1) is 18.3 Å². The highest BCUT2D eigenvalue weighted by Crippen LogP contribution is 2.21. The Hall–Kier alpha value is -2.17. The van der Waals surface area contributed by atoms with Gasteiger partial charge in [-0.25, -0.2) is 18.4 Å². The SMILES string of the molecule is Cc1cccc(NS(=O)(=O)c2cnc(Cl)nc2)c1C#N. The molecule has 0 radical (unpaired) electrons. The van der Waals surface area contributed by atoms with Crippen molar-refractivity contribution in [3.05, 3.63) is 47.0 Å². The van der Waals surface area contributed by atoms with Crippen LogP contribution in [-0.2, 0) is 10.0 Å². The van der Waals surface area contributed by atoms with Crippen molar-refractivity contribution in [2.24, 2.45) is 0 Å². The van der Waals surface area contributed by atoms with Crippen molar-refractivity contribution in [1.29, 1.82) is 5.26 Å². The molecule has 8 heteroatoms. The van der Waals surface area contributed by atoms with Gasteiger partial charge < -0.3 is 0 Å². The lowest BCUT2D eigenvalue weighted by Crippen LogP contribution is -2.14. The van der Waals surface area contributed by atoms with E-state index in [4.69, 9.17) is 16.9 Å². The topological polar surface area (TPSA) is 95.7 Å². The minimum absolute atomic E-state index is 0.0442. The summed E-state index contributed by atoms with van der Waals surface area (Å²) in [6, 6.07) is 6.86. The largest absolute Gasteiger partial charge is 0.278 e. The number of hydrogen-bond donors (Lipinski definition) is 1. The monoisotopic (exact) mass is 308 g/mol. The van der Waals surface area contributed by atoms with Gasteiger partial charge in [-0.1, -0.05) is 12.1 Å². The first-order valence-electron chi connectivity index (χ1n) is 5.44. The molecule has 1 heterocycles. The molecule has 0 bridgehead atoms. The molecule has 0 saturated carbocycles. The van der Waals surface area contributed by atoms with E-state index in [2.05, 4.69) is 14.7 Å². The average molecular weight is 309 g/mol. The summed E-state index contributed by atoms with van der Waals surface area (Å²) in [5.41, 5.74) is 1.16. The summed E-state index contributed by atoms with van der Waals surface area (Å²) >= 11 is 5.51. The summed E-state index contributed by atoms with van der Waals surface area (Å²) in [6.07, 6.45) is 2.19. The number of hydrogen-bond acceptors (Lipinski definition) is 5. The Bertz CT molecular complexity index is 782. The van der Waals surface area contributed by atoms with E-state index < -0.39 is 10.0 Å². The van der Waals surface area contributed by atoms with Crippen LogP contribution in [0.5, 0.6) is 0 Å². The molecule has 0 aliphatic rings. The molecule has 0 spiro atoms. The fraction of sp³-hybridized carbons (Fsp3) is 0.0833. The highest BCUT2D eigenvalue weighted by molar-refractivity contribution is 7.92. The lowest BCUT2D eigenvalue weighted by Gasteiger charge is -2.10. The van der Waals surface area contributed by atoms with Crippen molar-refractivity contribution in [2.45, 2.75) is 11.8 Å². The summed E-state index contributed by atoms with van der Waals surface area (Å²) < 4.78 is 26.6. The zero-order chi connectivity index (χ0) is 14.8. The van der Waals surface area contributed by atoms with E-state index in [9.17, 15) is 8.42 Å². The first-order chi connectivity index (χ1) is 9.44. The highest BCUT2D eigenvalue weighted by Gasteiger charge is 2.17. The van der Waals surface area contributed by atoms with Gasteiger partial charge in [-0.15, -0.1) is 0 Å². The lowest BCUT2D eigenvalue weighted by molar-refractivity contribution is 0.600. The molecule has 102 valence electrons. The second-order valence-electron chi connectivity index (χ2n) is 3.90. The summed E-state index contributed by atoms with van der Waals surface area (Å²) in [5.74, 6) is 0. The third kappa shape index (κ3) is 2.87. The number of aryl methyl sites for hydroxylation is 1. The normalized spacial score (nSPS) is 10.8. The molecular formula is C12H9ClN4O2S. The number of benzene rings is 1. The molecule has 6 nitrogen and oxygen atoms in total. The quantitative estimate of drug-likeness (QED) is 0.876. The number of sulfonamides is 1. The van der Waals surface area contributed by atoms with E-state index in [1.807, 2.05) is 6.07 Å². The molecule has 1 aromatic carbocycles. The van der Waals surface area contributed by atoms with E-state index in [-0.39, 0.29) is 21.4 Å². The molecule has 0 fully saturated rings. The molecule has 0 aliphatic carbocycles. The van der Waals surface area contributed by atoms with Crippen molar-refractivity contribution >= 4 is 27.3 Å². The van der Waals surface area contributed by atoms with Crippen LogP contribution in [0.25, 0.3) is 0 Å². The van der Waals surface area contributed by atoms with Crippen LogP contribution in [0.2, 0.25) is 5.28 Å². The maximum absolute atomic E-state index is 12.1. The van der Waals surface area contributed by atoms with E-state index in [0.717, 1.165) is 12.4 Å². The van der Waals surface area contributed by atoms with E-state index in [1.54, 1.807) is 19.1 Å². The zero-order valence-corrected chi connectivity index (χ0v) is 11.9. The van der Waals surface area contributed by atoms with Gasteiger partial charge >= 0.3 is 0 Å². The Morgan fingerprint density at radius 1 is 1.30 bits per heavy atom. The van der Waals surface area contributed by atoms with Crippen LogP contribution in [-0.4, -0.2) is 18.4 Å². The van der Waals surface area contributed by atoms with Crippen LogP contribution in [0.15, 0.2) is 35.5 Å². The highest BCUT2D eigenvalue weighted by atomic mass is 35.5. The summed E-state index contributed by atoms with van der Waals surface area (Å²) in [4.78, 5) is 7.10. The number of nitriles is 1. The summed E-state index contributed by atoms with van der Waals surface area (Å²) in [5, 5.41) is 9.03. The third-order valence-electron chi connectivity index (χ3n) is 2.54. The summed E-state index contributed by atoms with van der Waals surface area (Å²) in [7, 11) is -3.86. The van der Waals surface area contributed by atoms with E-state index in [1.165, 1.54) is 6.07 Å². The Labute approximate surface area is 121 Å². The van der Waals surface area contributed by atoms with Crippen molar-refractivity contribution in [3.8, 4) is 6.07 Å². The smallest absolute Gasteiger partial charge is 0.265 e. The second-order valence-corrected chi connectivity index (χ2v) is 5.92. The molecule has 2 rings (SSSR count). The minimum atomic E-state index is -3.86. The number of nitrogens with zero attached hydrogens (tertiary/aromatic N) is 3. The van der Waals surface area contributed by atoms with Crippen molar-refractivity contribution < 1.29 is 8.42 Å². The predicted octanol–water partition coefficient (Wildman–Crippen LogP) is 2.11. The van der Waals surface area contributed by atoms with E-state index in [0.29, 0.717) is 5.56 Å². The van der Waals surface area contributed by atoms with Gasteiger partial charge in [-0.3, -0.25) is 4.72 Å². The lowest BCUT2D eigenvalue weighted by atomic mass is 10.1. The Morgan fingerprint density at radius 2 is 1.95 bits per heavy atom. The predicted molar refractivity (Wildman–Crippen MR) is 73.7 cm³/mol. The molecule has 1 aromatic heterocycles. The Kier molecular flexibility index (Phi) is 3.88. The fourth-order valence-corrected chi connectivity index (χ4v) is 2.60. The van der Waals surface area contributed by atoms with Crippen LogP contribution in [0.1, 0.15) is 11.1 Å². The molecule has 20 heavy (non-hydrogen) atoms. The number of aromatic nitrogens is 2. The number of halogens is 1. The average Bonchev–Trinajstić information content (AvgIpc) is 2.39. The molecule has 0 unspecified atom stereocenters. The summed E-state index contributed by atoms with van der Waals surface area (Å²) in [6.45, 7) is 1.72. The molecule has 1 N–H and O–H groups in total. The number of nitrogens with one attached hydrogen (secondary N) is 1. The molecule has 0 amide bonds. The van der Waals surface area contributed by atoms with Crippen molar-refractivity contribution in [2.75, 3.05) is 4.72 Å². The zero-order valence-electron chi connectivity index (χ0n) is 10.3.